The van der Waals surface area contributed by atoms with E-state index in [4.69, 9.17) is 14.3 Å². The molecule has 0 fully saturated rings. The summed E-state index contributed by atoms with van der Waals surface area (Å²) in [5.74, 6) is 0.796. The van der Waals surface area contributed by atoms with E-state index in [1.165, 1.54) is 0 Å². The Balaban J connectivity index is 1.63. The van der Waals surface area contributed by atoms with Crippen molar-refractivity contribution in [1.82, 2.24) is 10.3 Å². The van der Waals surface area contributed by atoms with E-state index in [2.05, 4.69) is 17.2 Å². The van der Waals surface area contributed by atoms with Crippen molar-refractivity contribution in [2.45, 2.75) is 58.8 Å². The van der Waals surface area contributed by atoms with E-state index < -0.39 is 5.97 Å². The summed E-state index contributed by atoms with van der Waals surface area (Å²) in [7, 11) is 0. The van der Waals surface area contributed by atoms with E-state index in [0.717, 1.165) is 42.7 Å². The van der Waals surface area contributed by atoms with Crippen LogP contribution in [0.25, 0.3) is 11.5 Å². The first kappa shape index (κ1) is 26.0. The number of carboxylic acids is 1. The number of hydrogen-bond donors (Lipinski definition) is 2. The van der Waals surface area contributed by atoms with Gasteiger partial charge in [0.25, 0.3) is 5.91 Å². The first-order chi connectivity index (χ1) is 17.0. The van der Waals surface area contributed by atoms with E-state index in [1.54, 1.807) is 18.2 Å². The number of amides is 1. The molecule has 2 N–H and O–H groups in total. The maximum absolute atomic E-state index is 12.8. The third-order valence-corrected chi connectivity index (χ3v) is 5.77. The minimum Gasteiger partial charge on any atom is -0.493 e. The van der Waals surface area contributed by atoms with Gasteiger partial charge in [-0.2, -0.15) is 0 Å². The van der Waals surface area contributed by atoms with Crippen molar-refractivity contribution in [1.29, 1.82) is 0 Å². The van der Waals surface area contributed by atoms with Crippen molar-refractivity contribution in [3.8, 4) is 17.2 Å². The highest BCUT2D eigenvalue weighted by Gasteiger charge is 2.15. The quantitative estimate of drug-likeness (QED) is 0.293. The van der Waals surface area contributed by atoms with Gasteiger partial charge in [-0.25, -0.2) is 4.98 Å². The molecule has 7 heteroatoms. The summed E-state index contributed by atoms with van der Waals surface area (Å²) in [6.45, 7) is 4.99. The monoisotopic (exact) mass is 478 g/mol. The number of carboxylic acid groups (broad SMARTS) is 1. The smallest absolute Gasteiger partial charge is 0.303 e. The molecule has 0 bridgehead atoms. The number of unbranched alkanes of at least 4 members (excludes halogenated alkanes) is 3. The number of carbonyl (C=O) groups excluding carboxylic acids is 1. The molecule has 186 valence electrons. The number of oxazole rings is 1. The Hall–Kier alpha value is -3.61. The normalized spacial score (nSPS) is 10.8. The molecule has 0 atom stereocenters. The minimum absolute atomic E-state index is 0.0355. The summed E-state index contributed by atoms with van der Waals surface area (Å²) in [4.78, 5) is 28.5. The van der Waals surface area contributed by atoms with Gasteiger partial charge in [0, 0.05) is 30.5 Å². The maximum atomic E-state index is 12.8. The third-order valence-electron chi connectivity index (χ3n) is 5.77. The largest absolute Gasteiger partial charge is 0.493 e. The lowest BCUT2D eigenvalue weighted by Crippen LogP contribution is -2.25. The van der Waals surface area contributed by atoms with Crippen LogP contribution in [-0.4, -0.2) is 35.1 Å². The fraction of sp³-hybridized carbons (Fsp3) is 0.393. The topological polar surface area (TPSA) is 102 Å². The number of rotatable bonds is 14. The predicted molar refractivity (Wildman–Crippen MR) is 135 cm³/mol. The van der Waals surface area contributed by atoms with Gasteiger partial charge in [0.05, 0.1) is 12.3 Å². The highest BCUT2D eigenvalue weighted by molar-refractivity contribution is 5.96. The molecule has 2 aromatic carbocycles. The fourth-order valence-corrected chi connectivity index (χ4v) is 3.79. The van der Waals surface area contributed by atoms with Crippen molar-refractivity contribution in [3.05, 3.63) is 71.1 Å². The number of aromatic nitrogens is 1. The summed E-state index contributed by atoms with van der Waals surface area (Å²) in [6, 6.07) is 15.0. The Morgan fingerprint density at radius 1 is 1.06 bits per heavy atom. The maximum Gasteiger partial charge on any atom is 0.303 e. The second-order valence-corrected chi connectivity index (χ2v) is 8.52. The Morgan fingerprint density at radius 3 is 2.60 bits per heavy atom. The molecule has 3 rings (SSSR count). The molecule has 0 radical (unpaired) electrons. The lowest BCUT2D eigenvalue weighted by atomic mass is 10.0. The van der Waals surface area contributed by atoms with Gasteiger partial charge in [-0.15, -0.1) is 0 Å². The summed E-state index contributed by atoms with van der Waals surface area (Å²) in [5.41, 5.74) is 2.91. The average molecular weight is 479 g/mol. The second-order valence-electron chi connectivity index (χ2n) is 8.52. The van der Waals surface area contributed by atoms with Crippen LogP contribution >= 0.6 is 0 Å². The van der Waals surface area contributed by atoms with Crippen LogP contribution < -0.4 is 10.1 Å². The lowest BCUT2D eigenvalue weighted by molar-refractivity contribution is -0.136. The number of carbonyl (C=O) groups is 2. The first-order valence-electron chi connectivity index (χ1n) is 12.3. The number of nitrogens with zero attached hydrogens (tertiary/aromatic N) is 1. The predicted octanol–water partition coefficient (Wildman–Crippen LogP) is 5.60. The fourth-order valence-electron chi connectivity index (χ4n) is 3.79. The summed E-state index contributed by atoms with van der Waals surface area (Å²) in [6.07, 6.45) is 5.07. The van der Waals surface area contributed by atoms with Crippen LogP contribution in [0.3, 0.4) is 0 Å². The number of ether oxygens (including phenoxy) is 1. The zero-order chi connectivity index (χ0) is 25.0. The van der Waals surface area contributed by atoms with Crippen LogP contribution in [-0.2, 0) is 17.6 Å². The molecular formula is C28H34N2O5. The Labute approximate surface area is 206 Å². The SMILES string of the molecule is CCCCCCNC(=O)c1cc(OCCc2nc(-c3ccccc3)oc2C)ccc1CCC(=O)O. The zero-order valence-electron chi connectivity index (χ0n) is 20.5. The van der Waals surface area contributed by atoms with E-state index in [-0.39, 0.29) is 18.7 Å². The molecule has 1 amide bonds. The van der Waals surface area contributed by atoms with Crippen LogP contribution in [0.4, 0.5) is 0 Å². The summed E-state index contributed by atoms with van der Waals surface area (Å²) >= 11 is 0. The molecule has 1 aromatic heterocycles. The second kappa shape index (κ2) is 13.3. The van der Waals surface area contributed by atoms with Crippen LogP contribution in [0.1, 0.15) is 66.4 Å². The van der Waals surface area contributed by atoms with Crippen molar-refractivity contribution >= 4 is 11.9 Å². The molecular weight excluding hydrogens is 444 g/mol. The highest BCUT2D eigenvalue weighted by Crippen LogP contribution is 2.23. The molecule has 1 heterocycles. The molecule has 0 aliphatic rings. The molecule has 0 saturated heterocycles. The number of benzene rings is 2. The van der Waals surface area contributed by atoms with E-state index in [0.29, 0.717) is 42.3 Å². The number of aliphatic carboxylic acids is 1. The number of nitrogens with one attached hydrogen (secondary N) is 1. The number of hydrogen-bond acceptors (Lipinski definition) is 5. The highest BCUT2D eigenvalue weighted by atomic mass is 16.5. The van der Waals surface area contributed by atoms with Crippen LogP contribution in [0.2, 0.25) is 0 Å². The third kappa shape index (κ3) is 7.98. The van der Waals surface area contributed by atoms with E-state index in [1.807, 2.05) is 37.3 Å². The van der Waals surface area contributed by atoms with Crippen molar-refractivity contribution in [2.75, 3.05) is 13.2 Å². The van der Waals surface area contributed by atoms with Gasteiger partial charge < -0.3 is 19.6 Å². The van der Waals surface area contributed by atoms with Gasteiger partial charge in [0.2, 0.25) is 5.89 Å². The average Bonchev–Trinajstić information content (AvgIpc) is 3.23. The van der Waals surface area contributed by atoms with Crippen LogP contribution in [0, 0.1) is 6.92 Å². The number of aryl methyl sites for hydroxylation is 2. The van der Waals surface area contributed by atoms with Gasteiger partial charge in [-0.1, -0.05) is 50.5 Å². The van der Waals surface area contributed by atoms with E-state index in [9.17, 15) is 9.59 Å². The molecule has 0 aliphatic carbocycles. The lowest BCUT2D eigenvalue weighted by Gasteiger charge is -2.13. The van der Waals surface area contributed by atoms with Gasteiger partial charge in [-0.3, -0.25) is 9.59 Å². The molecule has 0 spiro atoms. The van der Waals surface area contributed by atoms with Crippen molar-refractivity contribution in [2.24, 2.45) is 0 Å². The first-order valence-corrected chi connectivity index (χ1v) is 12.3. The van der Waals surface area contributed by atoms with Gasteiger partial charge >= 0.3 is 5.97 Å². The molecule has 7 nitrogen and oxygen atoms in total. The van der Waals surface area contributed by atoms with Crippen molar-refractivity contribution < 1.29 is 23.8 Å². The minimum atomic E-state index is -0.894. The Morgan fingerprint density at radius 2 is 1.86 bits per heavy atom. The van der Waals surface area contributed by atoms with E-state index >= 15 is 0 Å². The van der Waals surface area contributed by atoms with Gasteiger partial charge in [-0.05, 0) is 49.6 Å². The summed E-state index contributed by atoms with van der Waals surface area (Å²) in [5, 5.41) is 12.0. The molecule has 3 aromatic rings. The molecule has 0 saturated carbocycles. The molecule has 0 aliphatic heterocycles. The Bertz CT molecular complexity index is 1110. The van der Waals surface area contributed by atoms with Crippen LogP contribution in [0.15, 0.2) is 52.9 Å². The van der Waals surface area contributed by atoms with Crippen molar-refractivity contribution in [3.63, 3.8) is 0 Å². The molecule has 35 heavy (non-hydrogen) atoms. The van der Waals surface area contributed by atoms with Crippen LogP contribution in [0.5, 0.6) is 5.75 Å². The van der Waals surface area contributed by atoms with Gasteiger partial charge in [0.15, 0.2) is 0 Å². The zero-order valence-corrected chi connectivity index (χ0v) is 20.5. The van der Waals surface area contributed by atoms with Gasteiger partial charge in [0.1, 0.15) is 11.5 Å². The Kier molecular flexibility index (Phi) is 9.90. The molecule has 0 unspecified atom stereocenters. The standard InChI is InChI=1S/C28H34N2O5/c1-3-4-5-9-17-29-27(33)24-19-23(14-12-21(24)13-15-26(31)32)34-18-16-25-20(2)35-28(30-25)22-10-7-6-8-11-22/h6-8,10-12,14,19H,3-5,9,13,15-18H2,1-2H3,(H,29,33)(H,31,32). The summed E-state index contributed by atoms with van der Waals surface area (Å²) < 4.78 is 11.7.